The van der Waals surface area contributed by atoms with E-state index < -0.39 is 10.0 Å². The molecule has 0 radical (unpaired) electrons. The molecule has 1 heterocycles. The van der Waals surface area contributed by atoms with E-state index in [9.17, 15) is 8.42 Å². The molecule has 1 N–H and O–H groups in total. The van der Waals surface area contributed by atoms with Crippen LogP contribution < -0.4 is 4.72 Å². The summed E-state index contributed by atoms with van der Waals surface area (Å²) in [5.74, 6) is 0. The maximum Gasteiger partial charge on any atom is 0.265 e. The van der Waals surface area contributed by atoms with Crippen LogP contribution in [0.15, 0.2) is 23.1 Å². The van der Waals surface area contributed by atoms with Crippen molar-refractivity contribution in [1.29, 1.82) is 5.26 Å². The molecule has 8 heteroatoms. The first-order valence-corrected chi connectivity index (χ1v) is 7.85. The Bertz CT molecular complexity index is 850. The van der Waals surface area contributed by atoms with E-state index in [1.54, 1.807) is 20.9 Å². The molecular formula is C13H13ClN4O2S. The van der Waals surface area contributed by atoms with Gasteiger partial charge in [-0.05, 0) is 32.0 Å². The van der Waals surface area contributed by atoms with E-state index in [4.69, 9.17) is 16.9 Å². The monoisotopic (exact) mass is 324 g/mol. The van der Waals surface area contributed by atoms with Crippen molar-refractivity contribution in [2.24, 2.45) is 7.05 Å². The molecular weight excluding hydrogens is 312 g/mol. The van der Waals surface area contributed by atoms with Crippen LogP contribution in [0.1, 0.15) is 17.0 Å². The van der Waals surface area contributed by atoms with Crippen LogP contribution >= 0.6 is 11.6 Å². The summed E-state index contributed by atoms with van der Waals surface area (Å²) in [4.78, 5) is 0.105. The maximum absolute atomic E-state index is 12.5. The average Bonchev–Trinajstić information content (AvgIpc) is 2.63. The van der Waals surface area contributed by atoms with Gasteiger partial charge in [0, 0.05) is 12.1 Å². The van der Waals surface area contributed by atoms with Gasteiger partial charge in [-0.2, -0.15) is 10.4 Å². The number of halogens is 1. The molecule has 6 nitrogen and oxygen atoms in total. The second-order valence-electron chi connectivity index (χ2n) is 4.53. The number of nitriles is 1. The van der Waals surface area contributed by atoms with Crippen LogP contribution in [0.25, 0.3) is 0 Å². The molecule has 0 fully saturated rings. The van der Waals surface area contributed by atoms with Crippen molar-refractivity contribution < 1.29 is 8.42 Å². The smallest absolute Gasteiger partial charge is 0.265 e. The summed E-state index contributed by atoms with van der Waals surface area (Å²) in [5, 5.41) is 13.5. The second kappa shape index (κ2) is 5.39. The number of sulfonamides is 1. The molecule has 0 aliphatic rings. The van der Waals surface area contributed by atoms with Crippen LogP contribution in [0.4, 0.5) is 5.69 Å². The fraction of sp³-hybridized carbons (Fsp3) is 0.231. The average molecular weight is 325 g/mol. The summed E-state index contributed by atoms with van der Waals surface area (Å²) < 4.78 is 28.9. The highest BCUT2D eigenvalue weighted by Gasteiger charge is 2.24. The number of hydrogen-bond donors (Lipinski definition) is 1. The van der Waals surface area contributed by atoms with Crippen LogP contribution in [0.2, 0.25) is 5.02 Å². The van der Waals surface area contributed by atoms with Gasteiger partial charge >= 0.3 is 0 Å². The minimum Gasteiger partial charge on any atom is -0.278 e. The summed E-state index contributed by atoms with van der Waals surface area (Å²) in [6.45, 7) is 3.28. The first-order chi connectivity index (χ1) is 9.76. The Morgan fingerprint density at radius 1 is 1.38 bits per heavy atom. The number of nitrogens with one attached hydrogen (secondary N) is 1. The molecule has 1 aromatic heterocycles. The zero-order chi connectivity index (χ0) is 15.8. The van der Waals surface area contributed by atoms with Crippen LogP contribution in [0.5, 0.6) is 0 Å². The second-order valence-corrected chi connectivity index (χ2v) is 6.59. The Hall–Kier alpha value is -2.04. The van der Waals surface area contributed by atoms with E-state index in [1.165, 1.54) is 22.9 Å². The van der Waals surface area contributed by atoms with Crippen molar-refractivity contribution in [2.75, 3.05) is 4.72 Å². The van der Waals surface area contributed by atoms with Crippen molar-refractivity contribution in [2.45, 2.75) is 18.7 Å². The predicted molar refractivity (Wildman–Crippen MR) is 79.7 cm³/mol. The van der Waals surface area contributed by atoms with Crippen LogP contribution in [0, 0.1) is 25.2 Å². The molecule has 0 amide bonds. The molecule has 21 heavy (non-hydrogen) atoms. The SMILES string of the molecule is Cc1nn(C)c(C)c1S(=O)(=O)Nc1cc(Cl)ccc1C#N. The van der Waals surface area contributed by atoms with E-state index in [1.807, 2.05) is 6.07 Å². The van der Waals surface area contributed by atoms with Gasteiger partial charge < -0.3 is 0 Å². The van der Waals surface area contributed by atoms with Crippen molar-refractivity contribution in [1.82, 2.24) is 9.78 Å². The molecule has 0 aliphatic carbocycles. The Morgan fingerprint density at radius 2 is 2.05 bits per heavy atom. The quantitative estimate of drug-likeness (QED) is 0.938. The van der Waals surface area contributed by atoms with Crippen molar-refractivity contribution in [3.05, 3.63) is 40.2 Å². The van der Waals surface area contributed by atoms with Crippen LogP contribution in [-0.4, -0.2) is 18.2 Å². The fourth-order valence-corrected chi connectivity index (χ4v) is 3.72. The molecule has 0 atom stereocenters. The summed E-state index contributed by atoms with van der Waals surface area (Å²) >= 11 is 5.85. The largest absolute Gasteiger partial charge is 0.278 e. The molecule has 0 saturated heterocycles. The van der Waals surface area contributed by atoms with Crippen LogP contribution in [-0.2, 0) is 17.1 Å². The number of hydrogen-bond acceptors (Lipinski definition) is 4. The molecule has 0 spiro atoms. The lowest BCUT2D eigenvalue weighted by Gasteiger charge is -2.10. The first kappa shape index (κ1) is 15.4. The molecule has 1 aromatic carbocycles. The minimum atomic E-state index is -3.85. The Morgan fingerprint density at radius 3 is 2.57 bits per heavy atom. The van der Waals surface area contributed by atoms with Gasteiger partial charge in [-0.3, -0.25) is 9.40 Å². The summed E-state index contributed by atoms with van der Waals surface area (Å²) in [6.07, 6.45) is 0. The van der Waals surface area contributed by atoms with Gasteiger partial charge in [-0.15, -0.1) is 0 Å². The lowest BCUT2D eigenvalue weighted by Crippen LogP contribution is -2.15. The molecule has 0 unspecified atom stereocenters. The molecule has 2 rings (SSSR count). The first-order valence-electron chi connectivity index (χ1n) is 5.99. The Balaban J connectivity index is 2.53. The number of aromatic nitrogens is 2. The summed E-state index contributed by atoms with van der Waals surface area (Å²) in [6, 6.07) is 6.31. The fourth-order valence-electron chi connectivity index (χ4n) is 2.04. The minimum absolute atomic E-state index is 0.105. The van der Waals surface area contributed by atoms with Gasteiger partial charge in [0.2, 0.25) is 0 Å². The number of aryl methyl sites for hydroxylation is 2. The van der Waals surface area contributed by atoms with Gasteiger partial charge in [0.25, 0.3) is 10.0 Å². The topological polar surface area (TPSA) is 87.8 Å². The summed E-state index contributed by atoms with van der Waals surface area (Å²) in [7, 11) is -2.18. The summed E-state index contributed by atoms with van der Waals surface area (Å²) in [5.41, 5.74) is 1.25. The van der Waals surface area contributed by atoms with Gasteiger partial charge in [-0.25, -0.2) is 8.42 Å². The van der Waals surface area contributed by atoms with Crippen molar-refractivity contribution in [3.63, 3.8) is 0 Å². The van der Waals surface area contributed by atoms with Gasteiger partial charge in [0.1, 0.15) is 11.0 Å². The molecule has 0 saturated carbocycles. The lowest BCUT2D eigenvalue weighted by atomic mass is 10.2. The van der Waals surface area contributed by atoms with Crippen molar-refractivity contribution >= 4 is 27.3 Å². The highest BCUT2D eigenvalue weighted by atomic mass is 35.5. The number of rotatable bonds is 3. The van der Waals surface area contributed by atoms with Crippen molar-refractivity contribution in [3.8, 4) is 6.07 Å². The standard InChI is InChI=1S/C13H13ClN4O2S/c1-8-13(9(2)18(3)16-8)21(19,20)17-12-6-11(14)5-4-10(12)7-15/h4-6,17H,1-3H3. The predicted octanol–water partition coefficient (Wildman–Crippen LogP) is 2.36. The highest BCUT2D eigenvalue weighted by Crippen LogP contribution is 2.26. The number of benzene rings is 1. The Kier molecular flexibility index (Phi) is 3.94. The molecule has 0 bridgehead atoms. The van der Waals surface area contributed by atoms with E-state index >= 15 is 0 Å². The van der Waals surface area contributed by atoms with Gasteiger partial charge in [-0.1, -0.05) is 11.6 Å². The molecule has 110 valence electrons. The normalized spacial score (nSPS) is 11.2. The lowest BCUT2D eigenvalue weighted by molar-refractivity contribution is 0.599. The zero-order valence-corrected chi connectivity index (χ0v) is 13.2. The maximum atomic E-state index is 12.5. The van der Waals surface area contributed by atoms with E-state index in [0.29, 0.717) is 16.4 Å². The third kappa shape index (κ3) is 2.86. The van der Waals surface area contributed by atoms with E-state index in [0.717, 1.165) is 0 Å². The third-order valence-electron chi connectivity index (χ3n) is 3.06. The Labute approximate surface area is 128 Å². The van der Waals surface area contributed by atoms with Gasteiger partial charge in [0.05, 0.1) is 22.6 Å². The van der Waals surface area contributed by atoms with Crippen LogP contribution in [0.3, 0.4) is 0 Å². The molecule has 2 aromatic rings. The number of nitrogens with zero attached hydrogens (tertiary/aromatic N) is 3. The van der Waals surface area contributed by atoms with E-state index in [-0.39, 0.29) is 16.1 Å². The molecule has 0 aliphatic heterocycles. The number of anilines is 1. The van der Waals surface area contributed by atoms with Gasteiger partial charge in [0.15, 0.2) is 0 Å². The van der Waals surface area contributed by atoms with E-state index in [2.05, 4.69) is 9.82 Å². The highest BCUT2D eigenvalue weighted by molar-refractivity contribution is 7.92. The third-order valence-corrected chi connectivity index (χ3v) is 4.91. The zero-order valence-electron chi connectivity index (χ0n) is 11.7.